The molecule has 28 heavy (non-hydrogen) atoms. The second-order valence-electron chi connectivity index (χ2n) is 6.54. The molecule has 0 atom stereocenters. The van der Waals surface area contributed by atoms with Gasteiger partial charge in [0.15, 0.2) is 0 Å². The van der Waals surface area contributed by atoms with Gasteiger partial charge in [0.2, 0.25) is 0 Å². The molecule has 6 heteroatoms. The molecule has 0 amide bonds. The summed E-state index contributed by atoms with van der Waals surface area (Å²) in [5.74, 6) is -0.991. The summed E-state index contributed by atoms with van der Waals surface area (Å²) < 4.78 is 0. The first-order valence-corrected chi connectivity index (χ1v) is 9.10. The molecule has 0 unspecified atom stereocenters. The highest BCUT2D eigenvalue weighted by molar-refractivity contribution is 5.87. The van der Waals surface area contributed by atoms with Gasteiger partial charge in [0.1, 0.15) is 0 Å². The molecule has 0 heterocycles. The lowest BCUT2D eigenvalue weighted by Gasteiger charge is -2.11. The van der Waals surface area contributed by atoms with Crippen LogP contribution in [0.5, 0.6) is 0 Å². The van der Waals surface area contributed by atoms with Gasteiger partial charge in [0, 0.05) is 19.1 Å². The van der Waals surface area contributed by atoms with E-state index < -0.39 is 11.9 Å². The second kappa shape index (κ2) is 15.4. The lowest BCUT2D eigenvalue weighted by atomic mass is 9.99. The van der Waals surface area contributed by atoms with Gasteiger partial charge in [0.25, 0.3) is 0 Å². The van der Waals surface area contributed by atoms with Gasteiger partial charge < -0.3 is 20.4 Å². The lowest BCUT2D eigenvalue weighted by Crippen LogP contribution is -2.11. The van der Waals surface area contributed by atoms with Gasteiger partial charge in [-0.25, -0.2) is 9.59 Å². The predicted octanol–water partition coefficient (Wildman–Crippen LogP) is 3.79. The largest absolute Gasteiger partial charge is 0.478 e. The molecule has 2 rings (SSSR count). The highest BCUT2D eigenvalue weighted by atomic mass is 16.4. The molecule has 0 saturated heterocycles. The molecule has 0 aliphatic rings. The Morgan fingerprint density at radius 1 is 0.714 bits per heavy atom. The maximum atomic E-state index is 10.2. The van der Waals surface area contributed by atoms with Crippen molar-refractivity contribution in [3.63, 3.8) is 0 Å². The first kappa shape index (κ1) is 25.3. The zero-order chi connectivity index (χ0) is 21.4. The Labute approximate surface area is 166 Å². The zero-order valence-corrected chi connectivity index (χ0v) is 16.4. The first-order chi connectivity index (χ1) is 13.3. The van der Waals surface area contributed by atoms with Crippen molar-refractivity contribution in [1.82, 2.24) is 0 Å². The number of carboxylic acids is 2. The van der Waals surface area contributed by atoms with Gasteiger partial charge in [-0.2, -0.15) is 0 Å². The van der Waals surface area contributed by atoms with Crippen molar-refractivity contribution in [2.75, 3.05) is 13.2 Å². The molecule has 0 spiro atoms. The van der Waals surface area contributed by atoms with Crippen LogP contribution in [-0.4, -0.2) is 45.6 Å². The topological polar surface area (TPSA) is 115 Å². The number of hydrogen-bond donors (Lipinski definition) is 4. The maximum absolute atomic E-state index is 10.2. The lowest BCUT2D eigenvalue weighted by molar-refractivity contribution is 0.0686. The molecule has 0 aliphatic carbocycles. The fourth-order valence-corrected chi connectivity index (χ4v) is 1.97. The SMILES string of the molecule is CC(C)CCC(CO)CO.O=C(O)c1ccccc1.O=C(O)c1ccccc1. The number of aliphatic hydroxyl groups excluding tert-OH is 2. The summed E-state index contributed by atoms with van der Waals surface area (Å²) in [7, 11) is 0. The molecule has 0 aliphatic heterocycles. The van der Waals surface area contributed by atoms with E-state index in [1.54, 1.807) is 60.7 Å². The van der Waals surface area contributed by atoms with Crippen molar-refractivity contribution in [2.24, 2.45) is 11.8 Å². The summed E-state index contributed by atoms with van der Waals surface area (Å²) in [6, 6.07) is 16.6. The molecule has 0 saturated carbocycles. The van der Waals surface area contributed by atoms with Crippen LogP contribution in [-0.2, 0) is 0 Å². The normalized spacial score (nSPS) is 9.79. The van der Waals surface area contributed by atoms with Crippen LogP contribution in [0, 0.1) is 11.8 Å². The second-order valence-corrected chi connectivity index (χ2v) is 6.54. The third-order valence-electron chi connectivity index (χ3n) is 3.71. The van der Waals surface area contributed by atoms with Crippen LogP contribution in [0.25, 0.3) is 0 Å². The number of benzene rings is 2. The van der Waals surface area contributed by atoms with Crippen molar-refractivity contribution in [3.05, 3.63) is 71.8 Å². The summed E-state index contributed by atoms with van der Waals surface area (Å²) in [4.78, 5) is 20.4. The molecular weight excluding hydrogens is 360 g/mol. The van der Waals surface area contributed by atoms with Gasteiger partial charge in [-0.15, -0.1) is 0 Å². The number of aromatic carboxylic acids is 2. The predicted molar refractivity (Wildman–Crippen MR) is 109 cm³/mol. The van der Waals surface area contributed by atoms with E-state index in [9.17, 15) is 9.59 Å². The average molecular weight is 390 g/mol. The van der Waals surface area contributed by atoms with Crippen LogP contribution in [0.15, 0.2) is 60.7 Å². The van der Waals surface area contributed by atoms with Crippen molar-refractivity contribution in [1.29, 1.82) is 0 Å². The van der Waals surface area contributed by atoms with Crippen LogP contribution in [0.2, 0.25) is 0 Å². The van der Waals surface area contributed by atoms with E-state index in [4.69, 9.17) is 20.4 Å². The molecule has 154 valence electrons. The van der Waals surface area contributed by atoms with E-state index in [0.29, 0.717) is 17.0 Å². The fraction of sp³-hybridized carbons (Fsp3) is 0.364. The smallest absolute Gasteiger partial charge is 0.335 e. The molecule has 2 aromatic rings. The highest BCUT2D eigenvalue weighted by Crippen LogP contribution is 2.10. The van der Waals surface area contributed by atoms with E-state index in [0.717, 1.165) is 12.8 Å². The van der Waals surface area contributed by atoms with Crippen molar-refractivity contribution >= 4 is 11.9 Å². The van der Waals surface area contributed by atoms with Crippen LogP contribution in [0.4, 0.5) is 0 Å². The summed E-state index contributed by atoms with van der Waals surface area (Å²) in [5.41, 5.74) is 0.662. The minimum absolute atomic E-state index is 0.0994. The minimum atomic E-state index is -0.879. The molecule has 0 radical (unpaired) electrons. The Morgan fingerprint density at radius 2 is 1.07 bits per heavy atom. The van der Waals surface area contributed by atoms with Crippen LogP contribution in [0.3, 0.4) is 0 Å². The Kier molecular flexibility index (Phi) is 13.9. The summed E-state index contributed by atoms with van der Waals surface area (Å²) in [5, 5.41) is 34.1. The fourth-order valence-electron chi connectivity index (χ4n) is 1.97. The summed E-state index contributed by atoms with van der Waals surface area (Å²) in [6.07, 6.45) is 2.02. The van der Waals surface area contributed by atoms with Gasteiger partial charge >= 0.3 is 11.9 Å². The van der Waals surface area contributed by atoms with E-state index >= 15 is 0 Å². The van der Waals surface area contributed by atoms with Crippen LogP contribution >= 0.6 is 0 Å². The average Bonchev–Trinajstić information content (AvgIpc) is 2.71. The summed E-state index contributed by atoms with van der Waals surface area (Å²) in [6.45, 7) is 4.52. The van der Waals surface area contributed by atoms with Crippen molar-refractivity contribution in [2.45, 2.75) is 26.7 Å². The molecule has 2 aromatic carbocycles. The molecule has 4 N–H and O–H groups in total. The van der Waals surface area contributed by atoms with E-state index in [1.165, 1.54) is 0 Å². The number of carbonyl (C=O) groups is 2. The highest BCUT2D eigenvalue weighted by Gasteiger charge is 2.05. The number of hydrogen-bond acceptors (Lipinski definition) is 4. The Morgan fingerprint density at radius 3 is 1.29 bits per heavy atom. The third kappa shape index (κ3) is 12.6. The van der Waals surface area contributed by atoms with Crippen LogP contribution < -0.4 is 0 Å². The monoisotopic (exact) mass is 390 g/mol. The van der Waals surface area contributed by atoms with E-state index in [2.05, 4.69) is 13.8 Å². The minimum Gasteiger partial charge on any atom is -0.478 e. The van der Waals surface area contributed by atoms with Gasteiger partial charge in [-0.1, -0.05) is 56.7 Å². The first-order valence-electron chi connectivity index (χ1n) is 9.10. The standard InChI is InChI=1S/C8H18O2.2C7H6O2/c1-7(2)3-4-8(5-9)6-10;2*8-7(9)6-4-2-1-3-5-6/h7-10H,3-6H2,1-2H3;2*1-5H,(H,8,9). The summed E-state index contributed by atoms with van der Waals surface area (Å²) >= 11 is 0. The Hall–Kier alpha value is -2.70. The third-order valence-corrected chi connectivity index (χ3v) is 3.71. The number of carboxylic acid groups (broad SMARTS) is 2. The van der Waals surface area contributed by atoms with E-state index in [1.807, 2.05) is 0 Å². The number of aliphatic hydroxyl groups is 2. The Bertz CT molecular complexity index is 602. The van der Waals surface area contributed by atoms with Crippen molar-refractivity contribution < 1.29 is 30.0 Å². The maximum Gasteiger partial charge on any atom is 0.335 e. The molecule has 0 aromatic heterocycles. The molecule has 6 nitrogen and oxygen atoms in total. The zero-order valence-electron chi connectivity index (χ0n) is 16.4. The molecule has 0 bridgehead atoms. The Balaban J connectivity index is 0.000000391. The van der Waals surface area contributed by atoms with Gasteiger partial charge in [-0.3, -0.25) is 0 Å². The molecular formula is C22H30O6. The van der Waals surface area contributed by atoms with Gasteiger partial charge in [-0.05, 0) is 36.6 Å². The van der Waals surface area contributed by atoms with Crippen molar-refractivity contribution in [3.8, 4) is 0 Å². The van der Waals surface area contributed by atoms with Gasteiger partial charge in [0.05, 0.1) is 11.1 Å². The van der Waals surface area contributed by atoms with E-state index in [-0.39, 0.29) is 19.1 Å². The molecule has 0 fully saturated rings. The number of rotatable bonds is 7. The van der Waals surface area contributed by atoms with Crippen LogP contribution in [0.1, 0.15) is 47.4 Å². The quantitative estimate of drug-likeness (QED) is 0.572.